The van der Waals surface area contributed by atoms with Crippen LogP contribution in [-0.2, 0) is 24.4 Å². The third kappa shape index (κ3) is 5.07. The highest BCUT2D eigenvalue weighted by molar-refractivity contribution is 7.92. The van der Waals surface area contributed by atoms with E-state index in [0.717, 1.165) is 0 Å². The molecule has 1 aliphatic heterocycles. The second kappa shape index (κ2) is 9.91. The van der Waals surface area contributed by atoms with Crippen LogP contribution in [0.4, 0.5) is 11.4 Å². The molecule has 2 aromatic rings. The van der Waals surface area contributed by atoms with Gasteiger partial charge in [-0.05, 0) is 49.6 Å². The Morgan fingerprint density at radius 2 is 1.71 bits per heavy atom. The zero-order valence-electron chi connectivity index (χ0n) is 19.5. The predicted molar refractivity (Wildman–Crippen MR) is 130 cm³/mol. The van der Waals surface area contributed by atoms with E-state index in [9.17, 15) is 22.8 Å². The highest BCUT2D eigenvalue weighted by atomic mass is 32.2. The van der Waals surface area contributed by atoms with Crippen LogP contribution in [0, 0.1) is 18.8 Å². The van der Waals surface area contributed by atoms with Gasteiger partial charge in [-0.1, -0.05) is 30.4 Å². The largest absolute Gasteiger partial charge is 0.495 e. The molecular formula is C25H27N3O6S. The first-order valence-corrected chi connectivity index (χ1v) is 12.8. The Kier molecular flexibility index (Phi) is 6.93. The number of nitrogens with one attached hydrogen (secondary N) is 2. The fourth-order valence-electron chi connectivity index (χ4n) is 4.42. The Morgan fingerprint density at radius 3 is 2.37 bits per heavy atom. The molecule has 35 heavy (non-hydrogen) atoms. The van der Waals surface area contributed by atoms with Crippen LogP contribution in [0.1, 0.15) is 24.8 Å². The fraction of sp³-hybridized carbons (Fsp3) is 0.320. The molecular weight excluding hydrogens is 470 g/mol. The van der Waals surface area contributed by atoms with E-state index >= 15 is 0 Å². The number of benzene rings is 2. The summed E-state index contributed by atoms with van der Waals surface area (Å²) in [5, 5.41) is 2.67. The number of rotatable bonds is 8. The normalized spacial score (nSPS) is 19.4. The van der Waals surface area contributed by atoms with Crippen LogP contribution in [0.15, 0.2) is 59.5 Å². The molecule has 2 aliphatic rings. The molecule has 0 spiro atoms. The number of sulfonamides is 1. The molecule has 1 saturated heterocycles. The van der Waals surface area contributed by atoms with Crippen LogP contribution in [0.5, 0.6) is 5.75 Å². The molecule has 1 fully saturated rings. The monoisotopic (exact) mass is 497 g/mol. The van der Waals surface area contributed by atoms with E-state index < -0.39 is 15.9 Å². The number of nitrogens with zero attached hydrogens (tertiary/aromatic N) is 1. The lowest BCUT2D eigenvalue weighted by atomic mass is 9.85. The average Bonchev–Trinajstić information content (AvgIpc) is 3.08. The summed E-state index contributed by atoms with van der Waals surface area (Å²) in [4.78, 5) is 38.9. The van der Waals surface area contributed by atoms with Gasteiger partial charge in [0.1, 0.15) is 5.75 Å². The lowest BCUT2D eigenvalue weighted by Gasteiger charge is -2.16. The van der Waals surface area contributed by atoms with E-state index in [0.29, 0.717) is 29.8 Å². The summed E-state index contributed by atoms with van der Waals surface area (Å²) in [6.45, 7) is 1.64. The number of allylic oxidation sites excluding steroid dienone is 2. The highest BCUT2D eigenvalue weighted by Gasteiger charge is 2.46. The number of imide groups is 1. The Bertz CT molecular complexity index is 1280. The van der Waals surface area contributed by atoms with Crippen LogP contribution in [-0.4, -0.2) is 44.7 Å². The third-order valence-electron chi connectivity index (χ3n) is 6.27. The van der Waals surface area contributed by atoms with Gasteiger partial charge in [0, 0.05) is 18.7 Å². The number of hydrogen-bond donors (Lipinski definition) is 2. The van der Waals surface area contributed by atoms with Crippen molar-refractivity contribution in [2.75, 3.05) is 23.7 Å². The number of carbonyl (C=O) groups excluding carboxylic acids is 3. The second-order valence-corrected chi connectivity index (χ2v) is 10.2. The number of likely N-dealkylation sites (tertiary alicyclic amines) is 1. The number of methoxy groups -OCH3 is 1. The first-order chi connectivity index (χ1) is 16.7. The minimum atomic E-state index is -3.97. The smallest absolute Gasteiger partial charge is 0.262 e. The van der Waals surface area contributed by atoms with Crippen LogP contribution < -0.4 is 14.8 Å². The number of anilines is 2. The standard InChI is InChI=1S/C25H27N3O6S/c1-16-11-12-17(15-22(16)35(32,33)27-20-9-5-6-10-21(20)34-2)26-23(29)13-14-28-24(30)18-7-3-4-8-19(18)25(28)31/h3-6,9-12,15,18-19,27H,7-8,13-14H2,1-2H3,(H,26,29)/t18-,19-/m1/s1. The van der Waals surface area contributed by atoms with Gasteiger partial charge in [-0.2, -0.15) is 0 Å². The van der Waals surface area contributed by atoms with Crippen molar-refractivity contribution in [3.05, 3.63) is 60.2 Å². The molecule has 1 aliphatic carbocycles. The maximum Gasteiger partial charge on any atom is 0.262 e. The van der Waals surface area contributed by atoms with Gasteiger partial charge in [0.15, 0.2) is 0 Å². The molecule has 3 amide bonds. The molecule has 9 nitrogen and oxygen atoms in total. The van der Waals surface area contributed by atoms with E-state index in [1.54, 1.807) is 43.3 Å². The zero-order chi connectivity index (χ0) is 25.2. The Morgan fingerprint density at radius 1 is 1.06 bits per heavy atom. The van der Waals surface area contributed by atoms with Crippen molar-refractivity contribution in [1.82, 2.24) is 4.90 Å². The fourth-order valence-corrected chi connectivity index (χ4v) is 5.76. The lowest BCUT2D eigenvalue weighted by Crippen LogP contribution is -2.34. The Hall–Kier alpha value is -3.66. The summed E-state index contributed by atoms with van der Waals surface area (Å²) in [6, 6.07) is 11.2. The average molecular weight is 498 g/mol. The van der Waals surface area contributed by atoms with Crippen LogP contribution in [0.2, 0.25) is 0 Å². The van der Waals surface area contributed by atoms with E-state index in [1.807, 2.05) is 12.2 Å². The van der Waals surface area contributed by atoms with Crippen LogP contribution in [0.3, 0.4) is 0 Å². The number of fused-ring (bicyclic) bond motifs is 1. The summed E-state index contributed by atoms with van der Waals surface area (Å²) >= 11 is 0. The number of ether oxygens (including phenoxy) is 1. The summed E-state index contributed by atoms with van der Waals surface area (Å²) in [7, 11) is -2.52. The van der Waals surface area contributed by atoms with E-state index in [-0.39, 0.29) is 47.2 Å². The molecule has 1 heterocycles. The molecule has 2 atom stereocenters. The van der Waals surface area contributed by atoms with E-state index in [4.69, 9.17) is 4.74 Å². The third-order valence-corrected chi connectivity index (χ3v) is 7.78. The van der Waals surface area contributed by atoms with Crippen molar-refractivity contribution in [3.63, 3.8) is 0 Å². The topological polar surface area (TPSA) is 122 Å². The quantitative estimate of drug-likeness (QED) is 0.427. The van der Waals surface area contributed by atoms with Gasteiger partial charge < -0.3 is 10.1 Å². The number of aryl methyl sites for hydroxylation is 1. The van der Waals surface area contributed by atoms with Crippen LogP contribution >= 0.6 is 0 Å². The lowest BCUT2D eigenvalue weighted by molar-refractivity contribution is -0.140. The molecule has 10 heteroatoms. The van der Waals surface area contributed by atoms with Gasteiger partial charge in [0.25, 0.3) is 10.0 Å². The molecule has 0 bridgehead atoms. The van der Waals surface area contributed by atoms with E-state index in [2.05, 4.69) is 10.0 Å². The molecule has 0 radical (unpaired) electrons. The second-order valence-electron chi connectivity index (χ2n) is 8.57. The van der Waals surface area contributed by atoms with Gasteiger partial charge in [-0.3, -0.25) is 24.0 Å². The molecule has 184 valence electrons. The minimum absolute atomic E-state index is 0.00248. The SMILES string of the molecule is COc1ccccc1NS(=O)(=O)c1cc(NC(=O)CCN2C(=O)[C@@H]3CC=CC[C@H]3C2=O)ccc1C. The first kappa shape index (κ1) is 24.5. The Balaban J connectivity index is 1.43. The van der Waals surface area contributed by atoms with Crippen molar-refractivity contribution in [1.29, 1.82) is 0 Å². The minimum Gasteiger partial charge on any atom is -0.495 e. The summed E-state index contributed by atoms with van der Waals surface area (Å²) in [6.07, 6.45) is 4.82. The summed E-state index contributed by atoms with van der Waals surface area (Å²) < 4.78 is 33.8. The highest BCUT2D eigenvalue weighted by Crippen LogP contribution is 2.35. The van der Waals surface area contributed by atoms with Gasteiger partial charge in [-0.25, -0.2) is 8.42 Å². The maximum absolute atomic E-state index is 13.1. The predicted octanol–water partition coefficient (Wildman–Crippen LogP) is 3.08. The van der Waals surface area contributed by atoms with Gasteiger partial charge in [-0.15, -0.1) is 0 Å². The number of carbonyl (C=O) groups is 3. The van der Waals surface area contributed by atoms with Crippen molar-refractivity contribution in [2.24, 2.45) is 11.8 Å². The van der Waals surface area contributed by atoms with Crippen molar-refractivity contribution < 1.29 is 27.5 Å². The molecule has 2 aromatic carbocycles. The van der Waals surface area contributed by atoms with E-state index in [1.165, 1.54) is 18.1 Å². The maximum atomic E-state index is 13.1. The summed E-state index contributed by atoms with van der Waals surface area (Å²) in [5.41, 5.74) is 1.08. The molecule has 2 N–H and O–H groups in total. The number of para-hydroxylation sites is 2. The molecule has 0 aromatic heterocycles. The van der Waals surface area contributed by atoms with Crippen molar-refractivity contribution in [2.45, 2.75) is 31.1 Å². The van der Waals surface area contributed by atoms with Gasteiger partial charge in [0.05, 0.1) is 29.5 Å². The number of amides is 3. The van der Waals surface area contributed by atoms with Crippen LogP contribution in [0.25, 0.3) is 0 Å². The zero-order valence-corrected chi connectivity index (χ0v) is 20.3. The molecule has 0 saturated carbocycles. The number of hydrogen-bond acceptors (Lipinski definition) is 6. The van der Waals surface area contributed by atoms with Crippen molar-refractivity contribution >= 4 is 39.1 Å². The molecule has 4 rings (SSSR count). The van der Waals surface area contributed by atoms with Crippen molar-refractivity contribution in [3.8, 4) is 5.75 Å². The van der Waals surface area contributed by atoms with Gasteiger partial charge >= 0.3 is 0 Å². The molecule has 0 unspecified atom stereocenters. The van der Waals surface area contributed by atoms with Gasteiger partial charge in [0.2, 0.25) is 17.7 Å². The Labute approximate surface area is 204 Å². The summed E-state index contributed by atoms with van der Waals surface area (Å²) in [5.74, 6) is -1.19. The first-order valence-electron chi connectivity index (χ1n) is 11.3.